The molecule has 0 spiro atoms. The van der Waals surface area contributed by atoms with Crippen LogP contribution in [0.2, 0.25) is 0 Å². The third-order valence-corrected chi connectivity index (χ3v) is 6.11. The Morgan fingerprint density at radius 3 is 2.65 bits per heavy atom. The molecule has 2 saturated carbocycles. The van der Waals surface area contributed by atoms with Gasteiger partial charge >= 0.3 is 0 Å². The molecule has 1 heterocycles. The Hall–Kier alpha value is -0.550. The molecule has 0 aromatic rings. The van der Waals surface area contributed by atoms with E-state index >= 15 is 0 Å². The number of amidine groups is 1. The molecule has 3 rings (SSSR count). The molecule has 5 heteroatoms. The summed E-state index contributed by atoms with van der Waals surface area (Å²) in [4.78, 5) is 17.0. The largest absolute Gasteiger partial charge is 0.381 e. The Morgan fingerprint density at radius 1 is 1.20 bits per heavy atom. The van der Waals surface area contributed by atoms with Crippen molar-refractivity contribution in [2.45, 2.75) is 68.8 Å². The van der Waals surface area contributed by atoms with E-state index in [2.05, 4.69) is 5.32 Å². The first kappa shape index (κ1) is 14.4. The summed E-state index contributed by atoms with van der Waals surface area (Å²) in [6, 6.07) is 0.452. The second-order valence-electron chi connectivity index (χ2n) is 6.14. The van der Waals surface area contributed by atoms with Crippen LogP contribution in [0.4, 0.5) is 0 Å². The minimum atomic E-state index is 0.146. The molecule has 112 valence electrons. The van der Waals surface area contributed by atoms with E-state index in [0.29, 0.717) is 17.4 Å². The van der Waals surface area contributed by atoms with Crippen LogP contribution in [-0.4, -0.2) is 35.6 Å². The molecule has 0 saturated heterocycles. The summed E-state index contributed by atoms with van der Waals surface area (Å²) in [5.74, 6) is 0.316. The normalized spacial score (nSPS) is 37.1. The first-order chi connectivity index (χ1) is 9.76. The highest BCUT2D eigenvalue weighted by Gasteiger charge is 2.34. The topological polar surface area (TPSA) is 50.7 Å². The van der Waals surface area contributed by atoms with Crippen molar-refractivity contribution in [1.29, 1.82) is 0 Å². The van der Waals surface area contributed by atoms with Gasteiger partial charge in [-0.3, -0.25) is 9.79 Å². The number of nitrogens with one attached hydrogen (secondary N) is 1. The van der Waals surface area contributed by atoms with E-state index in [1.165, 1.54) is 25.7 Å². The highest BCUT2D eigenvalue weighted by Crippen LogP contribution is 2.36. The summed E-state index contributed by atoms with van der Waals surface area (Å²) in [5, 5.41) is 4.56. The Labute approximate surface area is 125 Å². The molecule has 0 radical (unpaired) electrons. The lowest BCUT2D eigenvalue weighted by Gasteiger charge is -2.26. The Balaban J connectivity index is 1.50. The molecule has 0 aromatic carbocycles. The number of thioether (sulfide) groups is 1. The highest BCUT2D eigenvalue weighted by molar-refractivity contribution is 8.14. The van der Waals surface area contributed by atoms with Gasteiger partial charge in [0.15, 0.2) is 5.17 Å². The highest BCUT2D eigenvalue weighted by atomic mass is 32.2. The summed E-state index contributed by atoms with van der Waals surface area (Å²) in [5.41, 5.74) is 0. The molecule has 1 amide bonds. The lowest BCUT2D eigenvalue weighted by molar-refractivity contribution is -0.125. The van der Waals surface area contributed by atoms with Crippen LogP contribution in [-0.2, 0) is 9.53 Å². The van der Waals surface area contributed by atoms with Crippen molar-refractivity contribution < 1.29 is 9.53 Å². The summed E-state index contributed by atoms with van der Waals surface area (Å²) in [7, 11) is 1.76. The number of carbonyl (C=O) groups excluding carboxylic acids is 1. The average molecular weight is 296 g/mol. The van der Waals surface area contributed by atoms with Gasteiger partial charge in [0.25, 0.3) is 0 Å². The van der Waals surface area contributed by atoms with Crippen LogP contribution < -0.4 is 5.32 Å². The number of fused-ring (bicyclic) bond motifs is 1. The first-order valence-electron chi connectivity index (χ1n) is 7.84. The molecule has 2 atom stereocenters. The van der Waals surface area contributed by atoms with Gasteiger partial charge < -0.3 is 10.1 Å². The second kappa shape index (κ2) is 6.48. The van der Waals surface area contributed by atoms with Gasteiger partial charge in [0.2, 0.25) is 5.91 Å². The molecule has 2 aliphatic carbocycles. The van der Waals surface area contributed by atoms with Crippen molar-refractivity contribution in [2.24, 2.45) is 10.9 Å². The molecule has 4 nitrogen and oxygen atoms in total. The van der Waals surface area contributed by atoms with Crippen LogP contribution in [0, 0.1) is 5.92 Å². The van der Waals surface area contributed by atoms with Crippen LogP contribution in [0.5, 0.6) is 0 Å². The van der Waals surface area contributed by atoms with Crippen molar-refractivity contribution in [3.8, 4) is 0 Å². The predicted octanol–water partition coefficient (Wildman–Crippen LogP) is 2.72. The summed E-state index contributed by atoms with van der Waals surface area (Å²) in [6.45, 7) is 0. The van der Waals surface area contributed by atoms with Gasteiger partial charge in [0.05, 0.1) is 12.1 Å². The Morgan fingerprint density at radius 2 is 1.95 bits per heavy atom. The number of amides is 1. The maximum absolute atomic E-state index is 12.3. The number of carbonyl (C=O) groups is 1. The number of hydrogen-bond donors (Lipinski definition) is 1. The molecule has 0 aromatic heterocycles. The van der Waals surface area contributed by atoms with Crippen LogP contribution in [0.1, 0.15) is 51.4 Å². The van der Waals surface area contributed by atoms with E-state index in [0.717, 1.165) is 30.9 Å². The molecule has 2 unspecified atom stereocenters. The summed E-state index contributed by atoms with van der Waals surface area (Å²) >= 11 is 1.79. The van der Waals surface area contributed by atoms with Crippen LogP contribution in [0.25, 0.3) is 0 Å². The van der Waals surface area contributed by atoms with Gasteiger partial charge in [0.1, 0.15) is 0 Å². The van der Waals surface area contributed by atoms with Gasteiger partial charge in [-0.05, 0) is 38.5 Å². The summed E-state index contributed by atoms with van der Waals surface area (Å²) < 4.78 is 5.36. The monoisotopic (exact) mass is 296 g/mol. The fourth-order valence-electron chi connectivity index (χ4n) is 3.52. The minimum Gasteiger partial charge on any atom is -0.381 e. The van der Waals surface area contributed by atoms with Crippen molar-refractivity contribution >= 4 is 22.8 Å². The molecule has 2 fully saturated rings. The van der Waals surface area contributed by atoms with Gasteiger partial charge in [-0.25, -0.2) is 0 Å². The number of aliphatic imine (C=N–C) groups is 1. The third-order valence-electron chi connectivity index (χ3n) is 4.82. The van der Waals surface area contributed by atoms with Gasteiger partial charge in [-0.1, -0.05) is 24.6 Å². The molecule has 0 bridgehead atoms. The SMILES string of the molecule is COC1CCC(C(=O)NC2=NC3CCCCC3S2)CC1. The summed E-state index contributed by atoms with van der Waals surface area (Å²) in [6.07, 6.45) is 9.26. The van der Waals surface area contributed by atoms with Gasteiger partial charge in [-0.2, -0.15) is 0 Å². The third kappa shape index (κ3) is 3.19. The molecular formula is C15H24N2O2S. The maximum atomic E-state index is 12.3. The van der Waals surface area contributed by atoms with Gasteiger partial charge in [-0.15, -0.1) is 0 Å². The molecule has 1 aliphatic heterocycles. The van der Waals surface area contributed by atoms with Crippen LogP contribution >= 0.6 is 11.8 Å². The van der Waals surface area contributed by atoms with Crippen molar-refractivity contribution in [2.75, 3.05) is 7.11 Å². The Kier molecular flexibility index (Phi) is 4.66. The van der Waals surface area contributed by atoms with Gasteiger partial charge in [0, 0.05) is 18.3 Å². The molecular weight excluding hydrogens is 272 g/mol. The minimum absolute atomic E-state index is 0.146. The zero-order valence-corrected chi connectivity index (χ0v) is 13.0. The molecule has 20 heavy (non-hydrogen) atoms. The van der Waals surface area contributed by atoms with E-state index in [-0.39, 0.29) is 11.8 Å². The number of ether oxygens (including phenoxy) is 1. The molecule has 1 N–H and O–H groups in total. The van der Waals surface area contributed by atoms with Crippen LogP contribution in [0.3, 0.4) is 0 Å². The average Bonchev–Trinajstić information content (AvgIpc) is 2.89. The van der Waals surface area contributed by atoms with Crippen molar-refractivity contribution in [3.63, 3.8) is 0 Å². The quantitative estimate of drug-likeness (QED) is 0.852. The number of methoxy groups -OCH3 is 1. The van der Waals surface area contributed by atoms with E-state index in [1.807, 2.05) is 0 Å². The number of nitrogens with zero attached hydrogens (tertiary/aromatic N) is 1. The zero-order valence-electron chi connectivity index (χ0n) is 12.1. The lowest BCUT2D eigenvalue weighted by atomic mass is 9.87. The smallest absolute Gasteiger partial charge is 0.229 e. The fourth-order valence-corrected chi connectivity index (χ4v) is 4.80. The first-order valence-corrected chi connectivity index (χ1v) is 8.72. The van der Waals surface area contributed by atoms with E-state index < -0.39 is 0 Å². The van der Waals surface area contributed by atoms with E-state index in [4.69, 9.17) is 9.73 Å². The lowest BCUT2D eigenvalue weighted by Crippen LogP contribution is -2.36. The number of hydrogen-bond acceptors (Lipinski definition) is 4. The number of rotatable bonds is 2. The molecule has 3 aliphatic rings. The van der Waals surface area contributed by atoms with Crippen molar-refractivity contribution in [3.05, 3.63) is 0 Å². The van der Waals surface area contributed by atoms with E-state index in [1.54, 1.807) is 18.9 Å². The standard InChI is InChI=1S/C15H24N2O2S/c1-19-11-8-6-10(7-9-11)14(18)17-15-16-12-4-2-3-5-13(12)20-15/h10-13H,2-9H2,1H3,(H,16,17,18). The fraction of sp³-hybridized carbons (Fsp3) is 0.867. The Bertz CT molecular complexity index is 391. The van der Waals surface area contributed by atoms with Crippen molar-refractivity contribution in [1.82, 2.24) is 5.32 Å². The predicted molar refractivity (Wildman–Crippen MR) is 82.0 cm³/mol. The maximum Gasteiger partial charge on any atom is 0.229 e. The second-order valence-corrected chi connectivity index (χ2v) is 7.37. The van der Waals surface area contributed by atoms with Crippen LogP contribution in [0.15, 0.2) is 4.99 Å². The van der Waals surface area contributed by atoms with E-state index in [9.17, 15) is 4.79 Å². The zero-order chi connectivity index (χ0) is 13.9.